The Labute approximate surface area is 96.6 Å². The highest BCUT2D eigenvalue weighted by Gasteiger charge is 2.54. The monoisotopic (exact) mass is 235 g/mol. The molecule has 1 fully saturated rings. The van der Waals surface area contributed by atoms with Crippen molar-refractivity contribution in [3.63, 3.8) is 0 Å². The second kappa shape index (κ2) is 4.22. The van der Waals surface area contributed by atoms with E-state index >= 15 is 0 Å². The zero-order valence-corrected chi connectivity index (χ0v) is 10.7. The summed E-state index contributed by atoms with van der Waals surface area (Å²) in [4.78, 5) is 1.88. The molecule has 0 aromatic carbocycles. The van der Waals surface area contributed by atoms with E-state index in [0.717, 1.165) is 0 Å². The van der Waals surface area contributed by atoms with Gasteiger partial charge in [-0.2, -0.15) is 0 Å². The zero-order chi connectivity index (χ0) is 12.6. The first-order valence-electron chi connectivity index (χ1n) is 5.87. The van der Waals surface area contributed by atoms with Crippen LogP contribution in [0.3, 0.4) is 0 Å². The van der Waals surface area contributed by atoms with Crippen LogP contribution in [0.1, 0.15) is 47.0 Å². The van der Waals surface area contributed by atoms with Crippen molar-refractivity contribution in [1.29, 1.82) is 0 Å². The van der Waals surface area contributed by atoms with Gasteiger partial charge in [0.1, 0.15) is 0 Å². The van der Waals surface area contributed by atoms with Gasteiger partial charge >= 0.3 is 0 Å². The predicted octanol–water partition coefficient (Wildman–Crippen LogP) is 2.66. The molecule has 1 rings (SSSR count). The van der Waals surface area contributed by atoms with Crippen molar-refractivity contribution < 1.29 is 13.9 Å². The normalized spacial score (nSPS) is 30.9. The van der Waals surface area contributed by atoms with Gasteiger partial charge in [-0.3, -0.25) is 4.90 Å². The van der Waals surface area contributed by atoms with Gasteiger partial charge in [0.15, 0.2) is 0 Å². The Morgan fingerprint density at radius 1 is 1.31 bits per heavy atom. The van der Waals surface area contributed by atoms with Gasteiger partial charge in [-0.25, -0.2) is 8.78 Å². The molecule has 1 aliphatic heterocycles. The largest absolute Gasteiger partial charge is 0.396 e. The Kier molecular flexibility index (Phi) is 3.65. The molecule has 1 heterocycles. The molecule has 1 saturated heterocycles. The summed E-state index contributed by atoms with van der Waals surface area (Å²) in [7, 11) is 0. The maximum Gasteiger partial charge on any atom is 0.262 e. The molecular formula is C12H23F2NO. The van der Waals surface area contributed by atoms with Gasteiger partial charge in [0.05, 0.1) is 6.54 Å². The van der Waals surface area contributed by atoms with Crippen molar-refractivity contribution in [2.45, 2.75) is 64.0 Å². The first-order chi connectivity index (χ1) is 7.11. The van der Waals surface area contributed by atoms with Crippen molar-refractivity contribution in [3.05, 3.63) is 0 Å². The molecule has 0 saturated carbocycles. The van der Waals surface area contributed by atoms with Crippen molar-refractivity contribution in [2.24, 2.45) is 0 Å². The molecule has 0 aromatic rings. The Hall–Kier alpha value is -0.220. The van der Waals surface area contributed by atoms with Crippen LogP contribution in [0.25, 0.3) is 0 Å². The molecule has 0 spiro atoms. The van der Waals surface area contributed by atoms with Gasteiger partial charge in [-0.1, -0.05) is 0 Å². The fraction of sp³-hybridized carbons (Fsp3) is 1.00. The fourth-order valence-corrected chi connectivity index (χ4v) is 2.86. The zero-order valence-electron chi connectivity index (χ0n) is 10.7. The van der Waals surface area contributed by atoms with Crippen molar-refractivity contribution in [2.75, 3.05) is 13.2 Å². The van der Waals surface area contributed by atoms with Crippen LogP contribution in [-0.2, 0) is 0 Å². The first kappa shape index (κ1) is 13.8. The van der Waals surface area contributed by atoms with Crippen LogP contribution >= 0.6 is 0 Å². The van der Waals surface area contributed by atoms with Gasteiger partial charge in [-0.15, -0.1) is 0 Å². The summed E-state index contributed by atoms with van der Waals surface area (Å²) in [6, 6.07) is 0. The topological polar surface area (TPSA) is 23.5 Å². The Bertz CT molecular complexity index is 250. The van der Waals surface area contributed by atoms with Crippen LogP contribution in [0.5, 0.6) is 0 Å². The number of aliphatic hydroxyl groups is 1. The molecule has 0 aromatic heterocycles. The summed E-state index contributed by atoms with van der Waals surface area (Å²) in [5.41, 5.74) is -0.755. The molecule has 0 radical (unpaired) electrons. The molecule has 16 heavy (non-hydrogen) atoms. The number of halogens is 2. The maximum atomic E-state index is 13.5. The molecule has 0 aliphatic carbocycles. The minimum absolute atomic E-state index is 0.0686. The number of hydrogen-bond donors (Lipinski definition) is 1. The molecular weight excluding hydrogens is 212 g/mol. The number of nitrogens with zero attached hydrogens (tertiary/aromatic N) is 1. The summed E-state index contributed by atoms with van der Waals surface area (Å²) in [5, 5.41) is 8.85. The van der Waals surface area contributed by atoms with Crippen LogP contribution in [0.4, 0.5) is 8.78 Å². The van der Waals surface area contributed by atoms with E-state index in [4.69, 9.17) is 5.11 Å². The van der Waals surface area contributed by atoms with Gasteiger partial charge < -0.3 is 5.11 Å². The van der Waals surface area contributed by atoms with E-state index in [-0.39, 0.29) is 25.1 Å². The molecule has 2 nitrogen and oxygen atoms in total. The Morgan fingerprint density at radius 3 is 2.31 bits per heavy atom. The third-order valence-electron chi connectivity index (χ3n) is 3.36. The van der Waals surface area contributed by atoms with E-state index in [1.807, 2.05) is 32.6 Å². The summed E-state index contributed by atoms with van der Waals surface area (Å²) >= 11 is 0. The first-order valence-corrected chi connectivity index (χ1v) is 5.87. The Balaban J connectivity index is 2.87. The summed E-state index contributed by atoms with van der Waals surface area (Å²) < 4.78 is 27.1. The highest BCUT2D eigenvalue weighted by molar-refractivity contribution is 5.04. The lowest BCUT2D eigenvalue weighted by Gasteiger charge is -2.43. The highest BCUT2D eigenvalue weighted by atomic mass is 19.3. The summed E-state index contributed by atoms with van der Waals surface area (Å²) in [6.45, 7) is 7.68. The minimum Gasteiger partial charge on any atom is -0.396 e. The number of likely N-dealkylation sites (tertiary alicyclic amines) is 1. The summed E-state index contributed by atoms with van der Waals surface area (Å²) in [5.74, 6) is -2.60. The minimum atomic E-state index is -2.60. The number of hydrogen-bond acceptors (Lipinski definition) is 2. The number of aliphatic hydroxyl groups excluding tert-OH is 1. The molecule has 96 valence electrons. The lowest BCUT2D eigenvalue weighted by atomic mass is 9.89. The van der Waals surface area contributed by atoms with Crippen LogP contribution in [0, 0.1) is 0 Å². The Morgan fingerprint density at radius 2 is 1.88 bits per heavy atom. The SMILES string of the molecule is CC(C)(C)N1CC(F)(F)CC1(C)CCCO. The van der Waals surface area contributed by atoms with Crippen LogP contribution < -0.4 is 0 Å². The smallest absolute Gasteiger partial charge is 0.262 e. The van der Waals surface area contributed by atoms with Crippen LogP contribution in [-0.4, -0.2) is 40.2 Å². The van der Waals surface area contributed by atoms with Crippen molar-refractivity contribution in [3.8, 4) is 0 Å². The third-order valence-corrected chi connectivity index (χ3v) is 3.36. The van der Waals surface area contributed by atoms with E-state index in [2.05, 4.69) is 0 Å². The summed E-state index contributed by atoms with van der Waals surface area (Å²) in [6.07, 6.45) is 1.10. The third kappa shape index (κ3) is 2.92. The quantitative estimate of drug-likeness (QED) is 0.813. The van der Waals surface area contributed by atoms with Crippen molar-refractivity contribution in [1.82, 2.24) is 4.90 Å². The lowest BCUT2D eigenvalue weighted by molar-refractivity contribution is -0.000178. The van der Waals surface area contributed by atoms with Gasteiger partial charge in [0.2, 0.25) is 0 Å². The molecule has 0 amide bonds. The number of rotatable bonds is 3. The maximum absolute atomic E-state index is 13.5. The fourth-order valence-electron chi connectivity index (χ4n) is 2.86. The average molecular weight is 235 g/mol. The lowest BCUT2D eigenvalue weighted by Crippen LogP contribution is -2.51. The van der Waals surface area contributed by atoms with Gasteiger partial charge in [0, 0.05) is 24.1 Å². The van der Waals surface area contributed by atoms with E-state index in [1.54, 1.807) is 0 Å². The van der Waals surface area contributed by atoms with Gasteiger partial charge in [0.25, 0.3) is 5.92 Å². The molecule has 1 aliphatic rings. The van der Waals surface area contributed by atoms with Crippen LogP contribution in [0.2, 0.25) is 0 Å². The molecule has 0 bridgehead atoms. The highest BCUT2D eigenvalue weighted by Crippen LogP contribution is 2.45. The molecule has 4 heteroatoms. The second-order valence-corrected chi connectivity index (χ2v) is 6.11. The molecule has 1 unspecified atom stereocenters. The predicted molar refractivity (Wildman–Crippen MR) is 60.7 cm³/mol. The van der Waals surface area contributed by atoms with Crippen LogP contribution in [0.15, 0.2) is 0 Å². The van der Waals surface area contributed by atoms with E-state index in [1.165, 1.54) is 0 Å². The molecule has 1 N–H and O–H groups in total. The van der Waals surface area contributed by atoms with Crippen molar-refractivity contribution >= 4 is 0 Å². The standard InChI is InChI=1S/C12H23F2NO/c1-10(2,3)15-9-12(13,14)8-11(15,4)6-5-7-16/h16H,5-9H2,1-4H3. The molecule has 1 atom stereocenters. The van der Waals surface area contributed by atoms with E-state index < -0.39 is 11.5 Å². The van der Waals surface area contributed by atoms with E-state index in [0.29, 0.717) is 12.8 Å². The second-order valence-electron chi connectivity index (χ2n) is 6.11. The number of alkyl halides is 2. The van der Waals surface area contributed by atoms with E-state index in [9.17, 15) is 8.78 Å². The average Bonchev–Trinajstić information content (AvgIpc) is 2.33. The van der Waals surface area contributed by atoms with Gasteiger partial charge in [-0.05, 0) is 40.5 Å².